The Morgan fingerprint density at radius 3 is 2.36 bits per heavy atom. The van der Waals surface area contributed by atoms with E-state index in [0.29, 0.717) is 37.3 Å². The van der Waals surface area contributed by atoms with Crippen LogP contribution in [0.3, 0.4) is 0 Å². The lowest BCUT2D eigenvalue weighted by Crippen LogP contribution is -2.39. The van der Waals surface area contributed by atoms with Crippen LogP contribution in [0.25, 0.3) is 0 Å². The molecule has 1 heterocycles. The maximum absolute atomic E-state index is 12.8. The number of anilines is 3. The van der Waals surface area contributed by atoms with Gasteiger partial charge in [-0.15, -0.1) is 0 Å². The van der Waals surface area contributed by atoms with Gasteiger partial charge in [-0.05, 0) is 37.1 Å². The van der Waals surface area contributed by atoms with Gasteiger partial charge in [0.2, 0.25) is 17.7 Å². The molecular weight excluding hydrogens is 418 g/mol. The second kappa shape index (κ2) is 11.7. The van der Waals surface area contributed by atoms with Crippen LogP contribution in [-0.4, -0.2) is 37.4 Å². The molecule has 0 saturated carbocycles. The average Bonchev–Trinajstić information content (AvgIpc) is 2.84. The summed E-state index contributed by atoms with van der Waals surface area (Å²) in [5.74, 6) is -0.827. The van der Waals surface area contributed by atoms with Crippen molar-refractivity contribution in [2.45, 2.75) is 32.1 Å². The van der Waals surface area contributed by atoms with Crippen molar-refractivity contribution in [3.8, 4) is 6.07 Å². The van der Waals surface area contributed by atoms with Crippen LogP contribution in [0.5, 0.6) is 0 Å². The normalized spacial score (nSPS) is 13.7. The molecule has 1 aliphatic heterocycles. The number of primary amides is 1. The SMILES string of the molecule is N#CCCN(C(=O)CCC(=O)Nc1ccccc1N1CCC(C(N)=O)CC1)c1ccccc1. The highest BCUT2D eigenvalue weighted by molar-refractivity contribution is 5.99. The van der Waals surface area contributed by atoms with Crippen molar-refractivity contribution >= 4 is 34.8 Å². The molecule has 0 aromatic heterocycles. The molecule has 33 heavy (non-hydrogen) atoms. The number of carbonyl (C=O) groups excluding carboxylic acids is 3. The molecule has 2 aromatic rings. The zero-order chi connectivity index (χ0) is 23.6. The fourth-order valence-corrected chi connectivity index (χ4v) is 4.00. The minimum atomic E-state index is -0.264. The Hall–Kier alpha value is -3.86. The van der Waals surface area contributed by atoms with E-state index in [1.165, 1.54) is 0 Å². The Morgan fingerprint density at radius 1 is 1.03 bits per heavy atom. The van der Waals surface area contributed by atoms with Crippen molar-refractivity contribution < 1.29 is 14.4 Å². The van der Waals surface area contributed by atoms with E-state index in [9.17, 15) is 14.4 Å². The van der Waals surface area contributed by atoms with Crippen LogP contribution >= 0.6 is 0 Å². The summed E-state index contributed by atoms with van der Waals surface area (Å²) in [6, 6.07) is 18.7. The number of nitrogens with zero attached hydrogens (tertiary/aromatic N) is 3. The molecule has 0 spiro atoms. The molecule has 3 amide bonds. The number of nitrogens with two attached hydrogens (primary N) is 1. The van der Waals surface area contributed by atoms with E-state index in [1.54, 1.807) is 4.90 Å². The molecule has 8 nitrogen and oxygen atoms in total. The summed E-state index contributed by atoms with van der Waals surface area (Å²) in [7, 11) is 0. The average molecular weight is 448 g/mol. The first-order valence-corrected chi connectivity index (χ1v) is 11.1. The lowest BCUT2D eigenvalue weighted by molar-refractivity contribution is -0.122. The Bertz CT molecular complexity index is 1010. The standard InChI is InChI=1S/C25H29N5O3/c26-15-6-16-30(20-7-2-1-3-8-20)24(32)12-11-23(31)28-21-9-4-5-10-22(21)29-17-13-19(14-18-29)25(27)33/h1-5,7-10,19H,6,11-14,16-18H2,(H2,27,33)(H,28,31). The van der Waals surface area contributed by atoms with Gasteiger partial charge in [0.05, 0.1) is 23.9 Å². The number of rotatable bonds is 9. The number of hydrogen-bond donors (Lipinski definition) is 2. The van der Waals surface area contributed by atoms with Crippen LogP contribution in [0.15, 0.2) is 54.6 Å². The summed E-state index contributed by atoms with van der Waals surface area (Å²) < 4.78 is 0. The molecule has 3 N–H and O–H groups in total. The molecular formula is C25H29N5O3. The Balaban J connectivity index is 1.59. The topological polar surface area (TPSA) is 120 Å². The van der Waals surface area contributed by atoms with Gasteiger partial charge >= 0.3 is 0 Å². The zero-order valence-electron chi connectivity index (χ0n) is 18.6. The van der Waals surface area contributed by atoms with Gasteiger partial charge in [-0.2, -0.15) is 5.26 Å². The second-order valence-electron chi connectivity index (χ2n) is 8.02. The minimum Gasteiger partial charge on any atom is -0.370 e. The third-order valence-corrected chi connectivity index (χ3v) is 5.80. The molecule has 0 unspecified atom stereocenters. The third kappa shape index (κ3) is 6.56. The van der Waals surface area contributed by atoms with Gasteiger partial charge in [0.25, 0.3) is 0 Å². The number of hydrogen-bond acceptors (Lipinski definition) is 5. The summed E-state index contributed by atoms with van der Waals surface area (Å²) in [5.41, 5.74) is 7.71. The van der Waals surface area contributed by atoms with Crippen LogP contribution in [0, 0.1) is 17.2 Å². The molecule has 0 bridgehead atoms. The number of amides is 3. The highest BCUT2D eigenvalue weighted by Crippen LogP contribution is 2.30. The van der Waals surface area contributed by atoms with E-state index in [1.807, 2.05) is 54.6 Å². The Morgan fingerprint density at radius 2 is 1.70 bits per heavy atom. The van der Waals surface area contributed by atoms with E-state index in [-0.39, 0.29) is 49.4 Å². The Kier molecular flexibility index (Phi) is 8.42. The number of piperidine rings is 1. The van der Waals surface area contributed by atoms with E-state index < -0.39 is 0 Å². The zero-order valence-corrected chi connectivity index (χ0v) is 18.6. The van der Waals surface area contributed by atoms with Gasteiger partial charge < -0.3 is 20.9 Å². The molecule has 0 atom stereocenters. The molecule has 1 saturated heterocycles. The van der Waals surface area contributed by atoms with Crippen molar-refractivity contribution in [2.75, 3.05) is 34.8 Å². The first-order chi connectivity index (χ1) is 16.0. The second-order valence-corrected chi connectivity index (χ2v) is 8.02. The number of para-hydroxylation sites is 3. The first-order valence-electron chi connectivity index (χ1n) is 11.1. The summed E-state index contributed by atoms with van der Waals surface area (Å²) in [4.78, 5) is 40.6. The molecule has 2 aromatic carbocycles. The van der Waals surface area contributed by atoms with E-state index in [0.717, 1.165) is 5.69 Å². The summed E-state index contributed by atoms with van der Waals surface area (Å²) in [6.45, 7) is 1.65. The predicted octanol–water partition coefficient (Wildman–Crippen LogP) is 3.05. The summed E-state index contributed by atoms with van der Waals surface area (Å²) >= 11 is 0. The highest BCUT2D eigenvalue weighted by atomic mass is 16.2. The lowest BCUT2D eigenvalue weighted by atomic mass is 9.96. The van der Waals surface area contributed by atoms with Crippen LogP contribution in [-0.2, 0) is 14.4 Å². The monoisotopic (exact) mass is 447 g/mol. The van der Waals surface area contributed by atoms with E-state index >= 15 is 0 Å². The van der Waals surface area contributed by atoms with Crippen LogP contribution in [0.1, 0.15) is 32.1 Å². The maximum atomic E-state index is 12.8. The quantitative estimate of drug-likeness (QED) is 0.612. The maximum Gasteiger partial charge on any atom is 0.227 e. The van der Waals surface area contributed by atoms with Crippen LogP contribution in [0.2, 0.25) is 0 Å². The van der Waals surface area contributed by atoms with Gasteiger partial charge in [0.1, 0.15) is 0 Å². The smallest absolute Gasteiger partial charge is 0.227 e. The fourth-order valence-electron chi connectivity index (χ4n) is 4.00. The molecule has 3 rings (SSSR count). The van der Waals surface area contributed by atoms with E-state index in [4.69, 9.17) is 11.0 Å². The number of benzene rings is 2. The van der Waals surface area contributed by atoms with Gasteiger partial charge in [-0.25, -0.2) is 0 Å². The van der Waals surface area contributed by atoms with Crippen molar-refractivity contribution in [1.29, 1.82) is 5.26 Å². The molecule has 8 heteroatoms. The van der Waals surface area contributed by atoms with Crippen LogP contribution in [0.4, 0.5) is 17.1 Å². The van der Waals surface area contributed by atoms with Gasteiger partial charge in [0.15, 0.2) is 0 Å². The highest BCUT2D eigenvalue weighted by Gasteiger charge is 2.25. The van der Waals surface area contributed by atoms with Crippen molar-refractivity contribution in [1.82, 2.24) is 0 Å². The third-order valence-electron chi connectivity index (χ3n) is 5.80. The van der Waals surface area contributed by atoms with Crippen molar-refractivity contribution in [3.63, 3.8) is 0 Å². The molecule has 172 valence electrons. The number of nitriles is 1. The number of nitrogens with one attached hydrogen (secondary N) is 1. The first kappa shape index (κ1) is 23.8. The molecule has 1 aliphatic rings. The largest absolute Gasteiger partial charge is 0.370 e. The van der Waals surface area contributed by atoms with Gasteiger partial charge in [0, 0.05) is 44.1 Å². The lowest BCUT2D eigenvalue weighted by Gasteiger charge is -2.33. The molecule has 0 aliphatic carbocycles. The molecule has 0 radical (unpaired) electrons. The van der Waals surface area contributed by atoms with Crippen molar-refractivity contribution in [3.05, 3.63) is 54.6 Å². The van der Waals surface area contributed by atoms with Gasteiger partial charge in [-0.3, -0.25) is 14.4 Å². The van der Waals surface area contributed by atoms with Gasteiger partial charge in [-0.1, -0.05) is 30.3 Å². The Labute approximate surface area is 194 Å². The predicted molar refractivity (Wildman–Crippen MR) is 127 cm³/mol. The van der Waals surface area contributed by atoms with E-state index in [2.05, 4.69) is 16.3 Å². The van der Waals surface area contributed by atoms with Crippen molar-refractivity contribution in [2.24, 2.45) is 11.7 Å². The van der Waals surface area contributed by atoms with Crippen LogP contribution < -0.4 is 20.9 Å². The minimum absolute atomic E-state index is 0.0345. The fraction of sp³-hybridized carbons (Fsp3) is 0.360. The summed E-state index contributed by atoms with van der Waals surface area (Å²) in [5, 5.41) is 11.8. The number of carbonyl (C=O) groups is 3. The molecule has 1 fully saturated rings. The summed E-state index contributed by atoms with van der Waals surface area (Å²) in [6.07, 6.45) is 1.66.